The molecular formula is C16H16N4OS2. The van der Waals surface area contributed by atoms with Gasteiger partial charge in [0.15, 0.2) is 5.16 Å². The molecule has 1 amide bonds. The minimum absolute atomic E-state index is 0.0888. The summed E-state index contributed by atoms with van der Waals surface area (Å²) in [5.41, 5.74) is 7.82. The molecule has 0 bridgehead atoms. The van der Waals surface area contributed by atoms with Gasteiger partial charge in [-0.1, -0.05) is 23.9 Å². The number of rotatable bonds is 4. The van der Waals surface area contributed by atoms with Crippen LogP contribution in [0, 0.1) is 6.92 Å². The quantitative estimate of drug-likeness (QED) is 0.557. The summed E-state index contributed by atoms with van der Waals surface area (Å²) in [6.45, 7) is 3.81. The fraction of sp³-hybridized carbons (Fsp3) is 0.188. The Hall–Kier alpha value is -2.12. The van der Waals surface area contributed by atoms with Crippen molar-refractivity contribution in [3.8, 4) is 0 Å². The van der Waals surface area contributed by atoms with E-state index in [9.17, 15) is 4.79 Å². The Bertz CT molecular complexity index is 862. The minimum atomic E-state index is -0.327. The van der Waals surface area contributed by atoms with Crippen LogP contribution in [0.15, 0.2) is 40.9 Å². The summed E-state index contributed by atoms with van der Waals surface area (Å²) < 4.78 is 0. The SMILES string of the molecule is Cc1cccc(NC(=O)C(C)Sc2nc(N)c3ccsc3n2)c1. The number of thiophene rings is 1. The van der Waals surface area contributed by atoms with Crippen LogP contribution in [-0.4, -0.2) is 21.1 Å². The Kier molecular flexibility index (Phi) is 4.49. The predicted molar refractivity (Wildman–Crippen MR) is 97.0 cm³/mol. The number of thioether (sulfide) groups is 1. The van der Waals surface area contributed by atoms with Gasteiger partial charge in [0.05, 0.1) is 10.6 Å². The van der Waals surface area contributed by atoms with Crippen molar-refractivity contribution in [1.82, 2.24) is 9.97 Å². The number of hydrogen-bond donors (Lipinski definition) is 2. The van der Waals surface area contributed by atoms with Crippen LogP contribution in [0.3, 0.4) is 0 Å². The minimum Gasteiger partial charge on any atom is -0.383 e. The standard InChI is InChI=1S/C16H16N4OS2/c1-9-4-3-5-11(8-9)18-14(21)10(2)23-16-19-13(17)12-6-7-22-15(12)20-16/h3-8,10H,1-2H3,(H,18,21)(H2,17,19,20). The number of amides is 1. The van der Waals surface area contributed by atoms with Gasteiger partial charge in [0, 0.05) is 5.69 Å². The second kappa shape index (κ2) is 6.55. The maximum atomic E-state index is 12.3. The first kappa shape index (κ1) is 15.8. The van der Waals surface area contributed by atoms with Gasteiger partial charge in [-0.25, -0.2) is 9.97 Å². The maximum absolute atomic E-state index is 12.3. The third-order valence-electron chi connectivity index (χ3n) is 3.27. The highest BCUT2D eigenvalue weighted by molar-refractivity contribution is 8.00. The van der Waals surface area contributed by atoms with Crippen LogP contribution in [0.1, 0.15) is 12.5 Å². The number of fused-ring (bicyclic) bond motifs is 1. The second-order valence-corrected chi connectivity index (χ2v) is 7.35. The third-order valence-corrected chi connectivity index (χ3v) is 5.04. The summed E-state index contributed by atoms with van der Waals surface area (Å²) in [6.07, 6.45) is 0. The Morgan fingerprint density at radius 2 is 2.17 bits per heavy atom. The van der Waals surface area contributed by atoms with E-state index < -0.39 is 0 Å². The van der Waals surface area contributed by atoms with Crippen molar-refractivity contribution in [2.75, 3.05) is 11.1 Å². The van der Waals surface area contributed by atoms with Crippen LogP contribution in [-0.2, 0) is 4.79 Å². The van der Waals surface area contributed by atoms with Gasteiger partial charge in [0.1, 0.15) is 10.6 Å². The Labute approximate surface area is 142 Å². The number of nitrogen functional groups attached to an aromatic ring is 1. The van der Waals surface area contributed by atoms with E-state index in [1.807, 2.05) is 49.6 Å². The van der Waals surface area contributed by atoms with Gasteiger partial charge >= 0.3 is 0 Å². The van der Waals surface area contributed by atoms with Crippen molar-refractivity contribution in [3.63, 3.8) is 0 Å². The van der Waals surface area contributed by atoms with E-state index in [0.717, 1.165) is 21.5 Å². The molecule has 0 aliphatic rings. The number of hydrogen-bond acceptors (Lipinski definition) is 6. The molecule has 0 fully saturated rings. The number of carbonyl (C=O) groups is 1. The molecule has 0 saturated carbocycles. The number of aryl methyl sites for hydroxylation is 1. The number of benzene rings is 1. The van der Waals surface area contributed by atoms with Gasteiger partial charge in [0.2, 0.25) is 5.91 Å². The molecule has 1 unspecified atom stereocenters. The average molecular weight is 344 g/mol. The van der Waals surface area contributed by atoms with E-state index in [0.29, 0.717) is 11.0 Å². The Balaban J connectivity index is 1.72. The zero-order chi connectivity index (χ0) is 16.4. The van der Waals surface area contributed by atoms with Crippen LogP contribution in [0.4, 0.5) is 11.5 Å². The number of aromatic nitrogens is 2. The fourth-order valence-electron chi connectivity index (χ4n) is 2.09. The summed E-state index contributed by atoms with van der Waals surface area (Å²) in [5.74, 6) is 0.360. The first-order valence-corrected chi connectivity index (χ1v) is 8.84. The molecule has 1 aromatic carbocycles. The lowest BCUT2D eigenvalue weighted by atomic mass is 10.2. The lowest BCUT2D eigenvalue weighted by Crippen LogP contribution is -2.22. The number of nitrogens with zero attached hydrogens (tertiary/aromatic N) is 2. The molecule has 118 valence electrons. The largest absolute Gasteiger partial charge is 0.383 e. The zero-order valence-corrected chi connectivity index (χ0v) is 14.4. The van der Waals surface area contributed by atoms with Gasteiger partial charge in [0.25, 0.3) is 0 Å². The van der Waals surface area contributed by atoms with Crippen molar-refractivity contribution in [3.05, 3.63) is 41.3 Å². The predicted octanol–water partition coefficient (Wildman–Crippen LogP) is 3.70. The molecule has 2 heterocycles. The van der Waals surface area contributed by atoms with Gasteiger partial charge in [-0.15, -0.1) is 11.3 Å². The normalized spacial score (nSPS) is 12.3. The molecule has 1 atom stereocenters. The highest BCUT2D eigenvalue weighted by Crippen LogP contribution is 2.28. The first-order valence-electron chi connectivity index (χ1n) is 7.08. The van der Waals surface area contributed by atoms with Crippen molar-refractivity contribution in [2.45, 2.75) is 24.3 Å². The van der Waals surface area contributed by atoms with E-state index in [-0.39, 0.29) is 11.2 Å². The monoisotopic (exact) mass is 344 g/mol. The summed E-state index contributed by atoms with van der Waals surface area (Å²) in [6, 6.07) is 9.60. The van der Waals surface area contributed by atoms with Gasteiger partial charge in [-0.05, 0) is 43.0 Å². The molecular weight excluding hydrogens is 328 g/mol. The van der Waals surface area contributed by atoms with Crippen LogP contribution >= 0.6 is 23.1 Å². The molecule has 3 N–H and O–H groups in total. The van der Waals surface area contributed by atoms with E-state index in [4.69, 9.17) is 5.73 Å². The summed E-state index contributed by atoms with van der Waals surface area (Å²) in [7, 11) is 0. The van der Waals surface area contributed by atoms with Crippen molar-refractivity contribution in [2.24, 2.45) is 0 Å². The molecule has 0 radical (unpaired) electrons. The smallest absolute Gasteiger partial charge is 0.237 e. The highest BCUT2D eigenvalue weighted by Gasteiger charge is 2.17. The molecule has 3 aromatic rings. The van der Waals surface area contributed by atoms with E-state index in [1.54, 1.807) is 0 Å². The number of carbonyl (C=O) groups excluding carboxylic acids is 1. The van der Waals surface area contributed by atoms with E-state index in [2.05, 4.69) is 15.3 Å². The molecule has 0 aliphatic heterocycles. The van der Waals surface area contributed by atoms with Crippen LogP contribution in [0.25, 0.3) is 10.2 Å². The van der Waals surface area contributed by atoms with Crippen molar-refractivity contribution in [1.29, 1.82) is 0 Å². The van der Waals surface area contributed by atoms with Gasteiger partial charge < -0.3 is 11.1 Å². The van der Waals surface area contributed by atoms with Crippen LogP contribution in [0.5, 0.6) is 0 Å². The van der Waals surface area contributed by atoms with Crippen LogP contribution in [0.2, 0.25) is 0 Å². The molecule has 3 rings (SSSR count). The molecule has 7 heteroatoms. The van der Waals surface area contributed by atoms with E-state index in [1.165, 1.54) is 23.1 Å². The lowest BCUT2D eigenvalue weighted by molar-refractivity contribution is -0.115. The van der Waals surface area contributed by atoms with Crippen LogP contribution < -0.4 is 11.1 Å². The topological polar surface area (TPSA) is 80.9 Å². The molecule has 0 saturated heterocycles. The molecule has 0 spiro atoms. The lowest BCUT2D eigenvalue weighted by Gasteiger charge is -2.11. The molecule has 23 heavy (non-hydrogen) atoms. The zero-order valence-electron chi connectivity index (χ0n) is 12.7. The molecule has 5 nitrogen and oxygen atoms in total. The maximum Gasteiger partial charge on any atom is 0.237 e. The Morgan fingerprint density at radius 1 is 1.35 bits per heavy atom. The molecule has 0 aliphatic carbocycles. The third kappa shape index (κ3) is 3.62. The van der Waals surface area contributed by atoms with Crippen molar-refractivity contribution >= 4 is 50.7 Å². The second-order valence-electron chi connectivity index (χ2n) is 5.15. The highest BCUT2D eigenvalue weighted by atomic mass is 32.2. The Morgan fingerprint density at radius 3 is 2.96 bits per heavy atom. The number of nitrogens with two attached hydrogens (primary N) is 1. The summed E-state index contributed by atoms with van der Waals surface area (Å²) in [5, 5.41) is 5.88. The number of anilines is 2. The first-order chi connectivity index (χ1) is 11.0. The van der Waals surface area contributed by atoms with Crippen molar-refractivity contribution < 1.29 is 4.79 Å². The average Bonchev–Trinajstić information content (AvgIpc) is 2.96. The van der Waals surface area contributed by atoms with Gasteiger partial charge in [-0.3, -0.25) is 4.79 Å². The summed E-state index contributed by atoms with van der Waals surface area (Å²) in [4.78, 5) is 21.9. The fourth-order valence-corrected chi connectivity index (χ4v) is 3.70. The van der Waals surface area contributed by atoms with Gasteiger partial charge in [-0.2, -0.15) is 0 Å². The summed E-state index contributed by atoms with van der Waals surface area (Å²) >= 11 is 2.81. The number of nitrogens with one attached hydrogen (secondary N) is 1. The molecule has 2 aromatic heterocycles. The van der Waals surface area contributed by atoms with E-state index >= 15 is 0 Å².